The summed E-state index contributed by atoms with van der Waals surface area (Å²) in [5.41, 5.74) is 1.09. The average Bonchev–Trinajstić information content (AvgIpc) is 2.48. The summed E-state index contributed by atoms with van der Waals surface area (Å²) in [7, 11) is 2.97. The number of benzene rings is 6. The lowest BCUT2D eigenvalue weighted by Crippen LogP contribution is -2.44. The molecule has 0 saturated carbocycles. The van der Waals surface area contributed by atoms with Crippen molar-refractivity contribution in [2.45, 2.75) is 44.5 Å². The monoisotopic (exact) mass is 1330 g/mol. The highest BCUT2D eigenvalue weighted by Crippen LogP contribution is 2.43. The van der Waals surface area contributed by atoms with Crippen molar-refractivity contribution in [2.24, 2.45) is 0 Å². The standard InChI is InChI=1S/C66H62Cl2F6N8O9S/c1-86-53-19-14-45(15-20-53)59-60(46-16-21-54(87-2)22-17-46)81(62(77-59)48-35-49(65(69,70)71)37-50(36-48)66(72,73)74)40-44-10-12-47(13-11-44)63(84)76-26-28-88-30-32-90-33-31-89-29-27-80-41-51(78-79-80)42-91-56-23-18-52(38-55(56)68)82(58(83)39-67)61(57-9-6-34-92-57)64(85)75-25-24-43-7-4-3-5-8-43/h3-23,34-38,41,61H,24-33,39-40,42H2,1-2H3,(H,75,85)(H,76,84). The number of rotatable bonds is 31. The van der Waals surface area contributed by atoms with Crippen molar-refractivity contribution in [1.29, 1.82) is 0 Å². The number of ether oxygens (including phenoxy) is 6. The summed E-state index contributed by atoms with van der Waals surface area (Å²) >= 11 is 14.2. The summed E-state index contributed by atoms with van der Waals surface area (Å²) in [5, 5.41) is 16.1. The van der Waals surface area contributed by atoms with Crippen molar-refractivity contribution in [3.05, 3.63) is 207 Å². The van der Waals surface area contributed by atoms with Gasteiger partial charge >= 0.3 is 12.4 Å². The van der Waals surface area contributed by atoms with Gasteiger partial charge in [0.25, 0.3) is 5.91 Å². The molecule has 1 atom stereocenters. The number of carbonyl (C=O) groups excluding carboxylic acids is 3. The molecule has 6 aromatic carbocycles. The van der Waals surface area contributed by atoms with Gasteiger partial charge in [0.15, 0.2) is 0 Å². The first kappa shape index (κ1) is 67.6. The van der Waals surface area contributed by atoms with Crippen molar-refractivity contribution in [2.75, 3.05) is 77.7 Å². The van der Waals surface area contributed by atoms with Crippen LogP contribution in [-0.4, -0.2) is 115 Å². The third kappa shape index (κ3) is 18.0. The first-order valence-electron chi connectivity index (χ1n) is 28.7. The van der Waals surface area contributed by atoms with Crippen LogP contribution in [0.15, 0.2) is 163 Å². The number of hydrogen-bond donors (Lipinski definition) is 2. The Morgan fingerprint density at radius 2 is 1.32 bits per heavy atom. The van der Waals surface area contributed by atoms with E-state index in [1.165, 1.54) is 30.5 Å². The summed E-state index contributed by atoms with van der Waals surface area (Å²) in [5.74, 6) is -0.468. The maximum atomic E-state index is 14.3. The van der Waals surface area contributed by atoms with E-state index < -0.39 is 46.9 Å². The molecule has 2 N–H and O–H groups in total. The lowest BCUT2D eigenvalue weighted by molar-refractivity contribution is -0.143. The summed E-state index contributed by atoms with van der Waals surface area (Å²) in [6, 6.07) is 38.4. The summed E-state index contributed by atoms with van der Waals surface area (Å²) in [6.45, 7) is 2.47. The molecule has 9 aromatic rings. The molecule has 0 spiro atoms. The van der Waals surface area contributed by atoms with Gasteiger partial charge in [-0.3, -0.25) is 19.3 Å². The van der Waals surface area contributed by atoms with Crippen molar-refractivity contribution in [3.8, 4) is 51.2 Å². The Labute approximate surface area is 539 Å². The average molecular weight is 1330 g/mol. The Bertz CT molecular complexity index is 3850. The Morgan fingerprint density at radius 1 is 0.674 bits per heavy atom. The molecule has 0 aliphatic rings. The lowest BCUT2D eigenvalue weighted by Gasteiger charge is -2.30. The Hall–Kier alpha value is -8.78. The predicted octanol–water partition coefficient (Wildman–Crippen LogP) is 13.0. The lowest BCUT2D eigenvalue weighted by atomic mass is 10.0. The van der Waals surface area contributed by atoms with Gasteiger partial charge in [-0.05, 0) is 126 Å². The van der Waals surface area contributed by atoms with E-state index in [0.29, 0.717) is 113 Å². The van der Waals surface area contributed by atoms with Crippen LogP contribution >= 0.6 is 34.5 Å². The number of carbonyl (C=O) groups is 3. The Kier molecular flexibility index (Phi) is 23.5. The molecule has 9 rings (SSSR count). The second kappa shape index (κ2) is 32.0. The largest absolute Gasteiger partial charge is 0.497 e. The fraction of sp³-hybridized carbons (Fsp3) is 0.273. The van der Waals surface area contributed by atoms with Crippen LogP contribution in [-0.2, 0) is 62.3 Å². The number of thiophene rings is 1. The molecule has 482 valence electrons. The zero-order valence-corrected chi connectivity index (χ0v) is 52.0. The van der Waals surface area contributed by atoms with Gasteiger partial charge in [0.05, 0.1) is 94.1 Å². The molecule has 1 unspecified atom stereocenters. The van der Waals surface area contributed by atoms with Gasteiger partial charge in [0.1, 0.15) is 47.3 Å². The second-order valence-corrected chi connectivity index (χ2v) is 22.1. The van der Waals surface area contributed by atoms with Crippen LogP contribution in [0, 0.1) is 0 Å². The normalized spacial score (nSPS) is 11.9. The van der Waals surface area contributed by atoms with Crippen LogP contribution in [0.1, 0.15) is 49.2 Å². The summed E-state index contributed by atoms with van der Waals surface area (Å²) in [4.78, 5) is 47.2. The minimum atomic E-state index is -5.11. The molecule has 0 saturated heterocycles. The van der Waals surface area contributed by atoms with E-state index in [9.17, 15) is 40.7 Å². The third-order valence-corrected chi connectivity index (χ3v) is 15.7. The van der Waals surface area contributed by atoms with Gasteiger partial charge in [-0.1, -0.05) is 65.3 Å². The van der Waals surface area contributed by atoms with E-state index in [4.69, 9.17) is 56.6 Å². The number of hydrogen-bond acceptors (Lipinski definition) is 13. The number of nitrogens with zero attached hydrogens (tertiary/aromatic N) is 6. The highest BCUT2D eigenvalue weighted by atomic mass is 35.5. The molecule has 0 fully saturated rings. The van der Waals surface area contributed by atoms with Crippen LogP contribution in [0.2, 0.25) is 5.02 Å². The Balaban J connectivity index is 0.712. The smallest absolute Gasteiger partial charge is 0.416 e. The van der Waals surface area contributed by atoms with Crippen LogP contribution in [0.25, 0.3) is 33.9 Å². The molecule has 17 nitrogen and oxygen atoms in total. The van der Waals surface area contributed by atoms with E-state index in [-0.39, 0.29) is 73.9 Å². The zero-order valence-electron chi connectivity index (χ0n) is 49.6. The minimum absolute atomic E-state index is 0.0343. The number of aromatic nitrogens is 5. The first-order valence-corrected chi connectivity index (χ1v) is 30.5. The topological polar surface area (TPSA) is 182 Å². The summed E-state index contributed by atoms with van der Waals surface area (Å²) in [6.07, 6.45) is -7.91. The number of anilines is 1. The summed E-state index contributed by atoms with van der Waals surface area (Å²) < 4.78 is 122. The number of methoxy groups -OCH3 is 2. The number of nitrogens with one attached hydrogen (secondary N) is 2. The van der Waals surface area contributed by atoms with Crippen molar-refractivity contribution < 1.29 is 69.1 Å². The van der Waals surface area contributed by atoms with Crippen molar-refractivity contribution in [3.63, 3.8) is 0 Å². The quantitative estimate of drug-likeness (QED) is 0.0239. The van der Waals surface area contributed by atoms with Gasteiger partial charge in [-0.2, -0.15) is 26.3 Å². The van der Waals surface area contributed by atoms with Crippen molar-refractivity contribution in [1.82, 2.24) is 35.2 Å². The molecule has 0 radical (unpaired) electrons. The van der Waals surface area contributed by atoms with Gasteiger partial charge < -0.3 is 43.6 Å². The highest BCUT2D eigenvalue weighted by Gasteiger charge is 2.38. The van der Waals surface area contributed by atoms with Crippen LogP contribution in [0.5, 0.6) is 17.2 Å². The molecule has 3 heterocycles. The predicted molar refractivity (Wildman–Crippen MR) is 336 cm³/mol. The minimum Gasteiger partial charge on any atom is -0.497 e. The van der Waals surface area contributed by atoms with Gasteiger partial charge in [-0.15, -0.1) is 28.0 Å². The van der Waals surface area contributed by atoms with E-state index in [1.807, 2.05) is 41.8 Å². The number of amides is 3. The number of alkyl halides is 7. The maximum Gasteiger partial charge on any atom is 0.416 e. The number of halogens is 8. The molecule has 0 bridgehead atoms. The Morgan fingerprint density at radius 3 is 1.92 bits per heavy atom. The fourth-order valence-corrected chi connectivity index (χ4v) is 10.9. The second-order valence-electron chi connectivity index (χ2n) is 20.5. The van der Waals surface area contributed by atoms with E-state index in [0.717, 1.165) is 5.56 Å². The van der Waals surface area contributed by atoms with Gasteiger partial charge in [-0.25, -0.2) is 9.67 Å². The van der Waals surface area contributed by atoms with E-state index >= 15 is 0 Å². The van der Waals surface area contributed by atoms with Crippen LogP contribution < -0.4 is 29.7 Å². The molecule has 0 aliphatic heterocycles. The van der Waals surface area contributed by atoms with Gasteiger partial charge in [0.2, 0.25) is 11.8 Å². The highest BCUT2D eigenvalue weighted by molar-refractivity contribution is 7.10. The zero-order chi connectivity index (χ0) is 65.2. The third-order valence-electron chi connectivity index (χ3n) is 14.3. The van der Waals surface area contributed by atoms with Crippen LogP contribution in [0.4, 0.5) is 32.0 Å². The number of imidazole rings is 1. The molecule has 92 heavy (non-hydrogen) atoms. The van der Waals surface area contributed by atoms with Gasteiger partial charge in [0, 0.05) is 52.5 Å². The molecular weight excluding hydrogens is 1270 g/mol. The fourth-order valence-electron chi connectivity index (χ4n) is 9.70. The molecular formula is C66H62Cl2F6N8O9S. The van der Waals surface area contributed by atoms with Crippen molar-refractivity contribution >= 4 is 57.9 Å². The van der Waals surface area contributed by atoms with E-state index in [1.54, 1.807) is 113 Å². The SMILES string of the molecule is COc1ccc(-c2nc(-c3cc(C(F)(F)F)cc(C(F)(F)F)c3)n(Cc3ccc(C(=O)NCCOCCOCCOCCn4cc(COc5ccc(N(C(=O)CCl)C(C(=O)NCCc6ccccc6)c6cccs6)cc5Cl)nn4)cc3)c2-c2ccc(OC)cc2)cc1. The van der Waals surface area contributed by atoms with Crippen LogP contribution in [0.3, 0.4) is 0 Å². The maximum absolute atomic E-state index is 14.3. The molecule has 0 aliphatic carbocycles. The first-order chi connectivity index (χ1) is 44.4. The molecule has 26 heteroatoms. The molecule has 3 amide bonds. The van der Waals surface area contributed by atoms with E-state index in [2.05, 4.69) is 20.9 Å². The molecule has 3 aromatic heterocycles.